The van der Waals surface area contributed by atoms with Crippen LogP contribution < -0.4 is 5.32 Å². The maximum absolute atomic E-state index is 12.2. The molecule has 1 aromatic carbocycles. The number of aryl methyl sites for hydroxylation is 1. The normalized spacial score (nSPS) is 10.3. The van der Waals surface area contributed by atoms with Crippen LogP contribution in [0.15, 0.2) is 39.4 Å². The first-order valence-corrected chi connectivity index (χ1v) is 7.32. The number of nitrogens with zero attached hydrogens (tertiary/aromatic N) is 1. The lowest BCUT2D eigenvalue weighted by atomic mass is 10.2. The summed E-state index contributed by atoms with van der Waals surface area (Å²) in [6.07, 6.45) is 1.60. The summed E-state index contributed by atoms with van der Waals surface area (Å²) in [6.45, 7) is 1.86. The Bertz CT molecular complexity index is 606. The van der Waals surface area contributed by atoms with Crippen molar-refractivity contribution in [2.45, 2.75) is 6.92 Å². The molecular formula is C13H9Br2ClN2O. The molecule has 1 amide bonds. The molecule has 0 saturated carbocycles. The number of carbonyl (C=O) groups is 1. The van der Waals surface area contributed by atoms with Crippen LogP contribution in [-0.2, 0) is 0 Å². The van der Waals surface area contributed by atoms with Gasteiger partial charge in [0.15, 0.2) is 5.15 Å². The SMILES string of the molecule is Cc1ccnc(Cl)c1NC(=O)c1cc(Br)cc(Br)c1. The fraction of sp³-hybridized carbons (Fsp3) is 0.0769. The zero-order valence-electron chi connectivity index (χ0n) is 9.88. The maximum Gasteiger partial charge on any atom is 0.255 e. The van der Waals surface area contributed by atoms with Crippen molar-refractivity contribution in [2.75, 3.05) is 5.32 Å². The molecule has 0 spiro atoms. The number of nitrogens with one attached hydrogen (secondary N) is 1. The van der Waals surface area contributed by atoms with E-state index < -0.39 is 0 Å². The molecule has 0 unspecified atom stereocenters. The predicted octanol–water partition coefficient (Wildman–Crippen LogP) is 4.82. The molecule has 3 nitrogen and oxygen atoms in total. The predicted molar refractivity (Wildman–Crippen MR) is 83.8 cm³/mol. The molecule has 2 rings (SSSR count). The Hall–Kier alpha value is -0.910. The highest BCUT2D eigenvalue weighted by Gasteiger charge is 2.12. The number of amides is 1. The van der Waals surface area contributed by atoms with E-state index in [-0.39, 0.29) is 11.1 Å². The lowest BCUT2D eigenvalue weighted by molar-refractivity contribution is 0.102. The molecule has 0 aliphatic rings. The second-order valence-corrected chi connectivity index (χ2v) is 6.10. The van der Waals surface area contributed by atoms with E-state index >= 15 is 0 Å². The Labute approximate surface area is 132 Å². The molecule has 0 radical (unpaired) electrons. The van der Waals surface area contributed by atoms with E-state index in [1.165, 1.54) is 0 Å². The van der Waals surface area contributed by atoms with E-state index in [0.29, 0.717) is 11.3 Å². The summed E-state index contributed by atoms with van der Waals surface area (Å²) in [4.78, 5) is 16.1. The van der Waals surface area contributed by atoms with Crippen molar-refractivity contribution >= 4 is 55.1 Å². The average molecular weight is 404 g/mol. The first-order chi connectivity index (χ1) is 8.97. The van der Waals surface area contributed by atoms with E-state index in [0.717, 1.165) is 14.5 Å². The molecule has 0 bridgehead atoms. The van der Waals surface area contributed by atoms with Gasteiger partial charge in [0.25, 0.3) is 5.91 Å². The van der Waals surface area contributed by atoms with E-state index in [9.17, 15) is 4.79 Å². The van der Waals surface area contributed by atoms with E-state index in [1.807, 2.05) is 13.0 Å². The smallest absolute Gasteiger partial charge is 0.255 e. The van der Waals surface area contributed by atoms with Gasteiger partial charge in [-0.05, 0) is 36.8 Å². The average Bonchev–Trinajstić information content (AvgIpc) is 2.32. The van der Waals surface area contributed by atoms with Crippen LogP contribution in [0, 0.1) is 6.92 Å². The summed E-state index contributed by atoms with van der Waals surface area (Å²) in [5, 5.41) is 3.05. The highest BCUT2D eigenvalue weighted by molar-refractivity contribution is 9.11. The maximum atomic E-state index is 12.2. The van der Waals surface area contributed by atoms with E-state index in [2.05, 4.69) is 42.2 Å². The Morgan fingerprint density at radius 3 is 2.47 bits per heavy atom. The molecule has 0 saturated heterocycles. The molecule has 0 atom stereocenters. The Morgan fingerprint density at radius 1 is 1.26 bits per heavy atom. The van der Waals surface area contributed by atoms with Gasteiger partial charge in [-0.3, -0.25) is 4.79 Å². The summed E-state index contributed by atoms with van der Waals surface area (Å²) >= 11 is 12.7. The second-order valence-electron chi connectivity index (χ2n) is 3.91. The van der Waals surface area contributed by atoms with Gasteiger partial charge in [-0.2, -0.15) is 0 Å². The fourth-order valence-corrected chi connectivity index (χ4v) is 3.09. The molecular weight excluding hydrogens is 395 g/mol. The summed E-state index contributed by atoms with van der Waals surface area (Å²) in [5.74, 6) is -0.236. The third-order valence-electron chi connectivity index (χ3n) is 2.48. The van der Waals surface area contributed by atoms with Gasteiger partial charge in [-0.15, -0.1) is 0 Å². The molecule has 2 aromatic rings. The highest BCUT2D eigenvalue weighted by atomic mass is 79.9. The number of hydrogen-bond acceptors (Lipinski definition) is 2. The van der Waals surface area contributed by atoms with Crippen LogP contribution in [0.5, 0.6) is 0 Å². The zero-order chi connectivity index (χ0) is 14.0. The van der Waals surface area contributed by atoms with E-state index in [1.54, 1.807) is 24.4 Å². The van der Waals surface area contributed by atoms with Crippen LogP contribution in [0.2, 0.25) is 5.15 Å². The quantitative estimate of drug-likeness (QED) is 0.729. The van der Waals surface area contributed by atoms with Crippen molar-refractivity contribution in [3.63, 3.8) is 0 Å². The number of rotatable bonds is 2. The molecule has 98 valence electrons. The van der Waals surface area contributed by atoms with Gasteiger partial charge in [-0.25, -0.2) is 4.98 Å². The molecule has 0 fully saturated rings. The molecule has 0 aliphatic carbocycles. The zero-order valence-corrected chi connectivity index (χ0v) is 13.8. The van der Waals surface area contributed by atoms with Gasteiger partial charge in [0.1, 0.15) is 0 Å². The number of hydrogen-bond donors (Lipinski definition) is 1. The topological polar surface area (TPSA) is 42.0 Å². The highest BCUT2D eigenvalue weighted by Crippen LogP contribution is 2.25. The van der Waals surface area contributed by atoms with Gasteiger partial charge in [0, 0.05) is 20.7 Å². The van der Waals surface area contributed by atoms with Gasteiger partial charge >= 0.3 is 0 Å². The minimum absolute atomic E-state index is 0.236. The van der Waals surface area contributed by atoms with Crippen LogP contribution in [-0.4, -0.2) is 10.9 Å². The van der Waals surface area contributed by atoms with Crippen LogP contribution in [0.25, 0.3) is 0 Å². The molecule has 1 heterocycles. The standard InChI is InChI=1S/C13H9Br2ClN2O/c1-7-2-3-17-12(16)11(7)18-13(19)8-4-9(14)6-10(15)5-8/h2-6H,1H3,(H,18,19). The summed E-state index contributed by atoms with van der Waals surface area (Å²) in [7, 11) is 0. The Kier molecular flexibility index (Phi) is 4.60. The molecule has 1 aromatic heterocycles. The van der Waals surface area contributed by atoms with Crippen molar-refractivity contribution < 1.29 is 4.79 Å². The van der Waals surface area contributed by atoms with Gasteiger partial charge in [0.05, 0.1) is 5.69 Å². The lowest BCUT2D eigenvalue weighted by Gasteiger charge is -2.10. The van der Waals surface area contributed by atoms with Gasteiger partial charge < -0.3 is 5.32 Å². The van der Waals surface area contributed by atoms with Crippen LogP contribution >= 0.6 is 43.5 Å². The van der Waals surface area contributed by atoms with Crippen LogP contribution in [0.3, 0.4) is 0 Å². The molecule has 19 heavy (non-hydrogen) atoms. The number of benzene rings is 1. The van der Waals surface area contributed by atoms with Crippen molar-refractivity contribution in [1.82, 2.24) is 4.98 Å². The molecule has 0 aliphatic heterocycles. The third kappa shape index (κ3) is 3.55. The third-order valence-corrected chi connectivity index (χ3v) is 3.68. The summed E-state index contributed by atoms with van der Waals surface area (Å²) in [6, 6.07) is 7.12. The van der Waals surface area contributed by atoms with Crippen LogP contribution in [0.4, 0.5) is 5.69 Å². The number of aromatic nitrogens is 1. The second kappa shape index (κ2) is 6.03. The van der Waals surface area contributed by atoms with Gasteiger partial charge in [0.2, 0.25) is 0 Å². The van der Waals surface area contributed by atoms with Crippen molar-refractivity contribution in [2.24, 2.45) is 0 Å². The number of anilines is 1. The summed E-state index contributed by atoms with van der Waals surface area (Å²) < 4.78 is 1.64. The first-order valence-electron chi connectivity index (χ1n) is 5.36. The van der Waals surface area contributed by atoms with E-state index in [4.69, 9.17) is 11.6 Å². The first kappa shape index (κ1) is 14.5. The molecule has 1 N–H and O–H groups in total. The monoisotopic (exact) mass is 402 g/mol. The Balaban J connectivity index is 2.31. The van der Waals surface area contributed by atoms with Crippen molar-refractivity contribution in [3.05, 3.63) is 55.7 Å². The Morgan fingerprint density at radius 2 is 1.89 bits per heavy atom. The van der Waals surface area contributed by atoms with Crippen LogP contribution in [0.1, 0.15) is 15.9 Å². The lowest BCUT2D eigenvalue weighted by Crippen LogP contribution is -2.13. The largest absolute Gasteiger partial charge is 0.319 e. The summed E-state index contributed by atoms with van der Waals surface area (Å²) in [5.41, 5.74) is 1.92. The number of pyridine rings is 1. The number of carbonyl (C=O) groups excluding carboxylic acids is 1. The van der Waals surface area contributed by atoms with Crippen molar-refractivity contribution in [1.29, 1.82) is 0 Å². The van der Waals surface area contributed by atoms with Crippen molar-refractivity contribution in [3.8, 4) is 0 Å². The minimum Gasteiger partial charge on any atom is -0.319 e. The molecule has 6 heteroatoms. The number of halogens is 3. The van der Waals surface area contributed by atoms with Gasteiger partial charge in [-0.1, -0.05) is 43.5 Å². The minimum atomic E-state index is -0.236. The fourth-order valence-electron chi connectivity index (χ4n) is 1.55.